The van der Waals surface area contributed by atoms with Crippen LogP contribution in [0.2, 0.25) is 0 Å². The second-order valence-corrected chi connectivity index (χ2v) is 6.45. The number of anilines is 1. The zero-order valence-corrected chi connectivity index (χ0v) is 15.3. The highest BCUT2D eigenvalue weighted by molar-refractivity contribution is 5.77. The third kappa shape index (κ3) is 4.03. The summed E-state index contributed by atoms with van der Waals surface area (Å²) in [5.74, 6) is 3.16. The van der Waals surface area contributed by atoms with Crippen LogP contribution in [0.1, 0.15) is 5.82 Å². The molecule has 0 aliphatic heterocycles. The topological polar surface area (TPSA) is 50.4 Å². The first kappa shape index (κ1) is 17.0. The summed E-state index contributed by atoms with van der Waals surface area (Å²) in [7, 11) is 4.03. The number of para-hydroxylation sites is 1. The van der Waals surface area contributed by atoms with Crippen LogP contribution in [0.5, 0.6) is 17.2 Å². The zero-order chi connectivity index (χ0) is 18.6. The van der Waals surface area contributed by atoms with E-state index in [1.807, 2.05) is 86.9 Å². The number of aromatic amines is 1. The number of imidazole rings is 1. The van der Waals surface area contributed by atoms with Crippen LogP contribution >= 0.6 is 0 Å². The van der Waals surface area contributed by atoms with Gasteiger partial charge in [0.2, 0.25) is 0 Å². The molecule has 0 saturated heterocycles. The van der Waals surface area contributed by atoms with Gasteiger partial charge >= 0.3 is 0 Å². The minimum absolute atomic E-state index is 0.390. The van der Waals surface area contributed by atoms with Crippen LogP contribution in [-0.4, -0.2) is 24.1 Å². The number of hydrogen-bond acceptors (Lipinski definition) is 4. The van der Waals surface area contributed by atoms with Crippen LogP contribution in [0.3, 0.4) is 0 Å². The van der Waals surface area contributed by atoms with Crippen LogP contribution in [0.4, 0.5) is 5.69 Å². The molecule has 0 aliphatic carbocycles. The Kier molecular flexibility index (Phi) is 4.66. The number of H-pyrrole nitrogens is 1. The Balaban J connectivity index is 1.47. The van der Waals surface area contributed by atoms with Gasteiger partial charge in [0.25, 0.3) is 0 Å². The molecule has 0 radical (unpaired) electrons. The summed E-state index contributed by atoms with van der Waals surface area (Å²) in [4.78, 5) is 9.91. The molecule has 136 valence electrons. The zero-order valence-electron chi connectivity index (χ0n) is 15.3. The van der Waals surface area contributed by atoms with Crippen molar-refractivity contribution < 1.29 is 9.47 Å². The van der Waals surface area contributed by atoms with Gasteiger partial charge in [0, 0.05) is 25.8 Å². The molecule has 27 heavy (non-hydrogen) atoms. The fourth-order valence-corrected chi connectivity index (χ4v) is 2.79. The molecule has 4 rings (SSSR count). The van der Waals surface area contributed by atoms with Crippen molar-refractivity contribution in [2.45, 2.75) is 6.61 Å². The Morgan fingerprint density at radius 1 is 0.852 bits per heavy atom. The van der Waals surface area contributed by atoms with Crippen LogP contribution < -0.4 is 14.4 Å². The molecule has 0 amide bonds. The summed E-state index contributed by atoms with van der Waals surface area (Å²) in [5.41, 5.74) is 2.94. The van der Waals surface area contributed by atoms with Gasteiger partial charge in [-0.2, -0.15) is 0 Å². The maximum atomic E-state index is 5.96. The predicted molar refractivity (Wildman–Crippen MR) is 108 cm³/mol. The lowest BCUT2D eigenvalue weighted by atomic mass is 10.2. The molecule has 1 N–H and O–H groups in total. The Bertz CT molecular complexity index is 1020. The van der Waals surface area contributed by atoms with E-state index in [-0.39, 0.29) is 0 Å². The van der Waals surface area contributed by atoms with E-state index in [9.17, 15) is 0 Å². The highest BCUT2D eigenvalue weighted by Crippen LogP contribution is 2.26. The molecule has 0 bridgehead atoms. The predicted octanol–water partition coefficient (Wildman–Crippen LogP) is 5.00. The van der Waals surface area contributed by atoms with Crippen molar-refractivity contribution in [2.75, 3.05) is 19.0 Å². The number of nitrogens with zero attached hydrogens (tertiary/aromatic N) is 2. The summed E-state index contributed by atoms with van der Waals surface area (Å²) < 4.78 is 11.7. The van der Waals surface area contributed by atoms with E-state index in [4.69, 9.17) is 9.47 Å². The van der Waals surface area contributed by atoms with Crippen molar-refractivity contribution >= 4 is 16.7 Å². The average Bonchev–Trinajstić information content (AvgIpc) is 3.10. The highest BCUT2D eigenvalue weighted by Gasteiger charge is 2.06. The van der Waals surface area contributed by atoms with Crippen molar-refractivity contribution in [1.29, 1.82) is 0 Å². The van der Waals surface area contributed by atoms with Crippen LogP contribution in [0.25, 0.3) is 11.0 Å². The number of benzene rings is 3. The first-order valence-corrected chi connectivity index (χ1v) is 8.79. The molecule has 0 spiro atoms. The van der Waals surface area contributed by atoms with Gasteiger partial charge in [-0.15, -0.1) is 0 Å². The molecule has 1 aromatic heterocycles. The van der Waals surface area contributed by atoms with E-state index in [1.165, 1.54) is 0 Å². The third-order valence-corrected chi connectivity index (χ3v) is 4.21. The lowest BCUT2D eigenvalue weighted by Crippen LogP contribution is -2.07. The Hall–Kier alpha value is -3.47. The lowest BCUT2D eigenvalue weighted by Gasteiger charge is -2.13. The first-order chi connectivity index (χ1) is 13.2. The van der Waals surface area contributed by atoms with Gasteiger partial charge in [-0.25, -0.2) is 4.98 Å². The standard InChI is InChI=1S/C22H21N3O2/c1-25(2)16-8-10-18(11-9-16)27-19-12-13-20-21(14-19)24-22(23-20)15-26-17-6-4-3-5-7-17/h3-14H,15H2,1-2H3,(H,23,24). The number of aromatic nitrogens is 2. The summed E-state index contributed by atoms with van der Waals surface area (Å²) in [5, 5.41) is 0. The number of hydrogen-bond donors (Lipinski definition) is 1. The number of ether oxygens (including phenoxy) is 2. The quantitative estimate of drug-likeness (QED) is 0.526. The molecule has 0 fully saturated rings. The normalized spacial score (nSPS) is 10.7. The molecular formula is C22H21N3O2. The molecule has 0 unspecified atom stereocenters. The molecule has 0 atom stereocenters. The van der Waals surface area contributed by atoms with Crippen molar-refractivity contribution in [3.63, 3.8) is 0 Å². The third-order valence-electron chi connectivity index (χ3n) is 4.21. The number of rotatable bonds is 6. The van der Waals surface area contributed by atoms with E-state index in [0.717, 1.165) is 39.8 Å². The fraction of sp³-hybridized carbons (Fsp3) is 0.136. The van der Waals surface area contributed by atoms with Crippen LogP contribution in [0.15, 0.2) is 72.8 Å². The summed E-state index contributed by atoms with van der Waals surface area (Å²) >= 11 is 0. The van der Waals surface area contributed by atoms with Crippen LogP contribution in [0, 0.1) is 0 Å². The minimum atomic E-state index is 0.390. The Morgan fingerprint density at radius 3 is 2.33 bits per heavy atom. The minimum Gasteiger partial charge on any atom is -0.486 e. The van der Waals surface area contributed by atoms with Gasteiger partial charge in [0.15, 0.2) is 0 Å². The maximum absolute atomic E-state index is 5.96. The molecule has 0 saturated carbocycles. The fourth-order valence-electron chi connectivity index (χ4n) is 2.79. The second kappa shape index (κ2) is 7.41. The van der Waals surface area contributed by atoms with Gasteiger partial charge in [-0.1, -0.05) is 18.2 Å². The van der Waals surface area contributed by atoms with Crippen molar-refractivity contribution in [3.05, 3.63) is 78.6 Å². The van der Waals surface area contributed by atoms with Gasteiger partial charge < -0.3 is 19.4 Å². The molecule has 5 nitrogen and oxygen atoms in total. The molecule has 4 aromatic rings. The van der Waals surface area contributed by atoms with Crippen molar-refractivity contribution in [2.24, 2.45) is 0 Å². The van der Waals surface area contributed by atoms with Gasteiger partial charge in [0.1, 0.15) is 29.7 Å². The average molecular weight is 359 g/mol. The summed E-state index contributed by atoms with van der Waals surface area (Å²) in [6.07, 6.45) is 0. The molecule has 1 heterocycles. The SMILES string of the molecule is CN(C)c1ccc(Oc2ccc3nc(COc4ccccc4)[nH]c3c2)cc1. The smallest absolute Gasteiger partial charge is 0.146 e. The highest BCUT2D eigenvalue weighted by atomic mass is 16.5. The first-order valence-electron chi connectivity index (χ1n) is 8.79. The lowest BCUT2D eigenvalue weighted by molar-refractivity contribution is 0.297. The number of nitrogens with one attached hydrogen (secondary N) is 1. The van der Waals surface area contributed by atoms with Gasteiger partial charge in [0.05, 0.1) is 11.0 Å². The van der Waals surface area contributed by atoms with Gasteiger partial charge in [-0.05, 0) is 48.5 Å². The van der Waals surface area contributed by atoms with E-state index >= 15 is 0 Å². The van der Waals surface area contributed by atoms with E-state index in [1.54, 1.807) is 0 Å². The van der Waals surface area contributed by atoms with Gasteiger partial charge in [-0.3, -0.25) is 0 Å². The second-order valence-electron chi connectivity index (χ2n) is 6.45. The molecule has 5 heteroatoms. The monoisotopic (exact) mass is 359 g/mol. The number of fused-ring (bicyclic) bond motifs is 1. The molecule has 3 aromatic carbocycles. The van der Waals surface area contributed by atoms with E-state index < -0.39 is 0 Å². The van der Waals surface area contributed by atoms with E-state index in [0.29, 0.717) is 6.61 Å². The maximum Gasteiger partial charge on any atom is 0.146 e. The van der Waals surface area contributed by atoms with E-state index in [2.05, 4.69) is 14.9 Å². The van der Waals surface area contributed by atoms with Crippen molar-refractivity contribution in [3.8, 4) is 17.2 Å². The van der Waals surface area contributed by atoms with Crippen LogP contribution in [-0.2, 0) is 6.61 Å². The Labute approximate surface area is 158 Å². The Morgan fingerprint density at radius 2 is 1.59 bits per heavy atom. The summed E-state index contributed by atoms with van der Waals surface area (Å²) in [6, 6.07) is 23.5. The molecule has 0 aliphatic rings. The molecular weight excluding hydrogens is 338 g/mol. The van der Waals surface area contributed by atoms with Crippen molar-refractivity contribution in [1.82, 2.24) is 9.97 Å². The largest absolute Gasteiger partial charge is 0.486 e. The summed E-state index contributed by atoms with van der Waals surface area (Å²) in [6.45, 7) is 0.390.